The Kier molecular flexibility index (Phi) is 5.66. The molecule has 2 heterocycles. The number of rotatable bonds is 8. The molecule has 1 unspecified atom stereocenters. The summed E-state index contributed by atoms with van der Waals surface area (Å²) in [6.45, 7) is 1.73. The average Bonchev–Trinajstić information content (AvgIpc) is 3.36. The van der Waals surface area contributed by atoms with Crippen LogP contribution in [0.4, 0.5) is 0 Å². The minimum absolute atomic E-state index is 0.0495. The Labute approximate surface area is 160 Å². The molecular formula is C19H19N3O4S. The summed E-state index contributed by atoms with van der Waals surface area (Å²) in [4.78, 5) is 29.5. The molecule has 0 aliphatic heterocycles. The number of aliphatic carboxylic acids is 1. The van der Waals surface area contributed by atoms with E-state index in [0.717, 1.165) is 4.88 Å². The van der Waals surface area contributed by atoms with Gasteiger partial charge in [0.2, 0.25) is 17.6 Å². The fourth-order valence-electron chi connectivity index (χ4n) is 2.80. The summed E-state index contributed by atoms with van der Waals surface area (Å²) >= 11 is 1.50. The first-order valence-electron chi connectivity index (χ1n) is 8.51. The number of carbonyl (C=O) groups excluding carboxylic acids is 1. The summed E-state index contributed by atoms with van der Waals surface area (Å²) in [5, 5.41) is 18.3. The van der Waals surface area contributed by atoms with Gasteiger partial charge in [0.25, 0.3) is 0 Å². The number of amides is 1. The van der Waals surface area contributed by atoms with Gasteiger partial charge in [0.1, 0.15) is 0 Å². The molecule has 27 heavy (non-hydrogen) atoms. The van der Waals surface area contributed by atoms with Crippen LogP contribution < -0.4 is 5.32 Å². The highest BCUT2D eigenvalue weighted by Gasteiger charge is 2.40. The zero-order valence-corrected chi connectivity index (χ0v) is 15.5. The molecule has 7 nitrogen and oxygen atoms in total. The highest BCUT2D eigenvalue weighted by molar-refractivity contribution is 7.13. The van der Waals surface area contributed by atoms with Crippen LogP contribution in [0.3, 0.4) is 0 Å². The molecular weight excluding hydrogens is 366 g/mol. The van der Waals surface area contributed by atoms with E-state index >= 15 is 0 Å². The quantitative estimate of drug-likeness (QED) is 0.617. The van der Waals surface area contributed by atoms with Crippen LogP contribution in [-0.4, -0.2) is 27.1 Å². The van der Waals surface area contributed by atoms with Crippen LogP contribution in [0.15, 0.2) is 52.4 Å². The first-order chi connectivity index (χ1) is 13.0. The van der Waals surface area contributed by atoms with Gasteiger partial charge >= 0.3 is 5.97 Å². The van der Waals surface area contributed by atoms with E-state index in [1.165, 1.54) is 11.3 Å². The molecule has 8 heteroatoms. The van der Waals surface area contributed by atoms with E-state index in [2.05, 4.69) is 15.5 Å². The van der Waals surface area contributed by atoms with Gasteiger partial charge in [-0.05, 0) is 23.4 Å². The van der Waals surface area contributed by atoms with Crippen molar-refractivity contribution in [1.82, 2.24) is 15.5 Å². The van der Waals surface area contributed by atoms with Crippen molar-refractivity contribution < 1.29 is 19.2 Å². The molecule has 1 aromatic carbocycles. The molecule has 2 N–H and O–H groups in total. The highest BCUT2D eigenvalue weighted by atomic mass is 32.1. The maximum absolute atomic E-state index is 12.4. The van der Waals surface area contributed by atoms with Gasteiger partial charge in [-0.25, -0.2) is 4.79 Å². The van der Waals surface area contributed by atoms with Crippen LogP contribution in [0, 0.1) is 0 Å². The number of thiophene rings is 1. The van der Waals surface area contributed by atoms with Crippen molar-refractivity contribution in [3.63, 3.8) is 0 Å². The van der Waals surface area contributed by atoms with Crippen molar-refractivity contribution in [2.45, 2.75) is 31.7 Å². The maximum Gasteiger partial charge on any atom is 0.334 e. The van der Waals surface area contributed by atoms with E-state index in [4.69, 9.17) is 4.52 Å². The molecule has 0 saturated heterocycles. The maximum atomic E-state index is 12.4. The standard InChI is InChI=1S/C19H19N3O4S/c1-2-19(18(24)25,13-7-4-3-5-8-13)21-15(23)10-11-16-20-17(22-26-16)14-9-6-12-27-14/h3-9,12H,2,10-11H2,1H3,(H,21,23)(H,24,25). The number of nitrogens with zero attached hydrogens (tertiary/aromatic N) is 2. The number of aromatic nitrogens is 2. The molecule has 1 atom stereocenters. The van der Waals surface area contributed by atoms with Gasteiger partial charge in [0.05, 0.1) is 4.88 Å². The van der Waals surface area contributed by atoms with Gasteiger partial charge in [0, 0.05) is 12.8 Å². The Morgan fingerprint density at radius 3 is 2.63 bits per heavy atom. The van der Waals surface area contributed by atoms with Crippen LogP contribution in [0.25, 0.3) is 10.7 Å². The van der Waals surface area contributed by atoms with Crippen LogP contribution >= 0.6 is 11.3 Å². The molecule has 3 rings (SSSR count). The van der Waals surface area contributed by atoms with Crippen LogP contribution in [0.2, 0.25) is 0 Å². The second kappa shape index (κ2) is 8.13. The zero-order chi connectivity index (χ0) is 19.3. The second-order valence-electron chi connectivity index (χ2n) is 5.97. The number of hydrogen-bond donors (Lipinski definition) is 2. The van der Waals surface area contributed by atoms with Gasteiger partial charge in [0.15, 0.2) is 5.54 Å². The lowest BCUT2D eigenvalue weighted by atomic mass is 9.87. The Bertz CT molecular complexity index is 908. The summed E-state index contributed by atoms with van der Waals surface area (Å²) < 4.78 is 5.18. The number of hydrogen-bond acceptors (Lipinski definition) is 6. The Morgan fingerprint density at radius 1 is 1.22 bits per heavy atom. The molecule has 0 bridgehead atoms. The van der Waals surface area contributed by atoms with Crippen LogP contribution in [0.1, 0.15) is 31.2 Å². The molecule has 0 aliphatic carbocycles. The van der Waals surface area contributed by atoms with Gasteiger partial charge in [-0.2, -0.15) is 4.98 Å². The normalized spacial score (nSPS) is 13.1. The third kappa shape index (κ3) is 4.06. The smallest absolute Gasteiger partial charge is 0.334 e. The van der Waals surface area contributed by atoms with E-state index in [1.807, 2.05) is 17.5 Å². The van der Waals surface area contributed by atoms with Gasteiger partial charge in [-0.1, -0.05) is 48.5 Å². The third-order valence-corrected chi connectivity index (χ3v) is 5.16. The lowest BCUT2D eigenvalue weighted by molar-refractivity contribution is -0.148. The number of aryl methyl sites for hydroxylation is 1. The van der Waals surface area contributed by atoms with Gasteiger partial charge in [-0.3, -0.25) is 4.79 Å². The van der Waals surface area contributed by atoms with Gasteiger partial charge < -0.3 is 14.9 Å². The van der Waals surface area contributed by atoms with Crippen molar-refractivity contribution in [1.29, 1.82) is 0 Å². The monoisotopic (exact) mass is 385 g/mol. The predicted octanol–water partition coefficient (Wildman–Crippen LogP) is 3.24. The highest BCUT2D eigenvalue weighted by Crippen LogP contribution is 2.26. The largest absolute Gasteiger partial charge is 0.479 e. The first kappa shape index (κ1) is 18.8. The van der Waals surface area contributed by atoms with Crippen molar-refractivity contribution in [3.8, 4) is 10.7 Å². The minimum atomic E-state index is -1.46. The number of carbonyl (C=O) groups is 2. The van der Waals surface area contributed by atoms with Crippen LogP contribution in [-0.2, 0) is 21.5 Å². The molecule has 0 fully saturated rings. The van der Waals surface area contributed by atoms with Gasteiger partial charge in [-0.15, -0.1) is 11.3 Å². The summed E-state index contributed by atoms with van der Waals surface area (Å²) in [6, 6.07) is 12.5. The zero-order valence-electron chi connectivity index (χ0n) is 14.7. The predicted molar refractivity (Wildman–Crippen MR) is 100 cm³/mol. The van der Waals surface area contributed by atoms with Crippen LogP contribution in [0.5, 0.6) is 0 Å². The number of carboxylic acids is 1. The number of carboxylic acid groups (broad SMARTS) is 1. The summed E-state index contributed by atoms with van der Waals surface area (Å²) in [7, 11) is 0. The minimum Gasteiger partial charge on any atom is -0.479 e. The Balaban J connectivity index is 1.67. The van der Waals surface area contributed by atoms with E-state index in [1.54, 1.807) is 37.3 Å². The van der Waals surface area contributed by atoms with Crippen molar-refractivity contribution >= 4 is 23.2 Å². The topological polar surface area (TPSA) is 105 Å². The van der Waals surface area contributed by atoms with E-state index in [-0.39, 0.29) is 25.2 Å². The molecule has 0 saturated carbocycles. The Hall–Kier alpha value is -3.00. The third-order valence-electron chi connectivity index (χ3n) is 4.29. The molecule has 0 spiro atoms. The summed E-state index contributed by atoms with van der Waals surface area (Å²) in [5.41, 5.74) is -0.930. The van der Waals surface area contributed by atoms with E-state index < -0.39 is 11.5 Å². The van der Waals surface area contributed by atoms with Crippen molar-refractivity contribution in [2.24, 2.45) is 0 Å². The van der Waals surface area contributed by atoms with E-state index in [9.17, 15) is 14.7 Å². The molecule has 1 amide bonds. The number of benzene rings is 1. The first-order valence-corrected chi connectivity index (χ1v) is 9.39. The molecule has 3 aromatic rings. The summed E-state index contributed by atoms with van der Waals surface area (Å²) in [6.07, 6.45) is 0.507. The average molecular weight is 385 g/mol. The van der Waals surface area contributed by atoms with Crippen molar-refractivity contribution in [2.75, 3.05) is 0 Å². The van der Waals surface area contributed by atoms with E-state index in [0.29, 0.717) is 17.3 Å². The summed E-state index contributed by atoms with van der Waals surface area (Å²) in [5.74, 6) is -0.662. The molecule has 0 radical (unpaired) electrons. The lowest BCUT2D eigenvalue weighted by Gasteiger charge is -2.30. The lowest BCUT2D eigenvalue weighted by Crippen LogP contribution is -2.51. The molecule has 140 valence electrons. The Morgan fingerprint density at radius 2 is 2.00 bits per heavy atom. The SMILES string of the molecule is CCC(NC(=O)CCc1nc(-c2cccs2)no1)(C(=O)O)c1ccccc1. The second-order valence-corrected chi connectivity index (χ2v) is 6.91. The molecule has 2 aromatic heterocycles. The van der Waals surface area contributed by atoms with Crippen molar-refractivity contribution in [3.05, 3.63) is 59.3 Å². The fourth-order valence-corrected chi connectivity index (χ4v) is 3.45. The number of nitrogens with one attached hydrogen (secondary N) is 1. The fraction of sp³-hybridized carbons (Fsp3) is 0.263. The molecule has 0 aliphatic rings.